The van der Waals surface area contributed by atoms with Crippen molar-refractivity contribution in [2.45, 2.75) is 71.5 Å². The lowest BCUT2D eigenvalue weighted by molar-refractivity contribution is -0.140. The Morgan fingerprint density at radius 1 is 1.33 bits per heavy atom. The number of rotatable bonds is 1. The van der Waals surface area contributed by atoms with Crippen molar-refractivity contribution in [3.8, 4) is 0 Å². The van der Waals surface area contributed by atoms with Crippen molar-refractivity contribution in [1.29, 1.82) is 0 Å². The Morgan fingerprint density at radius 3 is 2.79 bits per heavy atom. The molecular formula is C20H31NO3. The van der Waals surface area contributed by atoms with Crippen LogP contribution in [0, 0.1) is 34.5 Å². The van der Waals surface area contributed by atoms with Gasteiger partial charge in [0, 0.05) is 17.5 Å². The van der Waals surface area contributed by atoms with E-state index in [0.717, 1.165) is 37.8 Å². The smallest absolute Gasteiger partial charge is 0.224 e. The summed E-state index contributed by atoms with van der Waals surface area (Å²) in [5.74, 6) is 1.66. The average molecular weight is 333 g/mol. The molecule has 1 saturated heterocycles. The van der Waals surface area contributed by atoms with E-state index in [2.05, 4.69) is 25.2 Å². The lowest BCUT2D eigenvalue weighted by atomic mass is 9.48. The van der Waals surface area contributed by atoms with Crippen LogP contribution >= 0.6 is 0 Å². The molecule has 3 fully saturated rings. The molecule has 24 heavy (non-hydrogen) atoms. The second-order valence-electron chi connectivity index (χ2n) is 9.32. The molecule has 0 radical (unpaired) electrons. The number of hydrogen-bond acceptors (Lipinski definition) is 3. The Hall–Kier alpha value is -0.870. The predicted molar refractivity (Wildman–Crippen MR) is 91.8 cm³/mol. The van der Waals surface area contributed by atoms with Crippen LogP contribution in [-0.4, -0.2) is 28.3 Å². The highest BCUT2D eigenvalue weighted by atomic mass is 16.3. The first-order valence-electron chi connectivity index (χ1n) is 9.64. The number of hydrogen-bond donors (Lipinski definition) is 3. The van der Waals surface area contributed by atoms with Gasteiger partial charge in [-0.1, -0.05) is 19.9 Å². The van der Waals surface area contributed by atoms with Crippen LogP contribution in [0.25, 0.3) is 0 Å². The highest BCUT2D eigenvalue weighted by molar-refractivity contribution is 5.79. The molecule has 4 heteroatoms. The molecular weight excluding hydrogens is 302 g/mol. The van der Waals surface area contributed by atoms with Crippen LogP contribution in [0.4, 0.5) is 0 Å². The number of carbonyl (C=O) groups excluding carboxylic acids is 1. The molecule has 134 valence electrons. The van der Waals surface area contributed by atoms with E-state index in [4.69, 9.17) is 0 Å². The fourth-order valence-electron chi connectivity index (χ4n) is 7.16. The van der Waals surface area contributed by atoms with Crippen LogP contribution in [0.2, 0.25) is 0 Å². The number of fused-ring (bicyclic) bond motifs is 5. The van der Waals surface area contributed by atoms with Crippen molar-refractivity contribution >= 4 is 5.91 Å². The maximum atomic E-state index is 11.8. The summed E-state index contributed by atoms with van der Waals surface area (Å²) in [5, 5.41) is 24.5. The molecule has 2 saturated carbocycles. The molecule has 4 rings (SSSR count). The first kappa shape index (κ1) is 16.6. The van der Waals surface area contributed by atoms with E-state index in [-0.39, 0.29) is 34.9 Å². The third-order valence-electron chi connectivity index (χ3n) is 8.20. The summed E-state index contributed by atoms with van der Waals surface area (Å²) in [6, 6.07) is 0. The van der Waals surface area contributed by atoms with E-state index < -0.39 is 0 Å². The molecule has 3 unspecified atom stereocenters. The standard InChI is InChI=1S/C20H31NO3/c1-11(22)13-5-6-14-12-4-7-16-19(2,9-8-17(24)21-16)18(12)15(23)10-20(13,14)3/h7,11-15,18,22-23H,4-6,8-10H2,1-3H3,(H,21,24)/t11-,12?,13+,14?,15-,18?,19-,20+/m0/s1. The molecule has 0 spiro atoms. The van der Waals surface area contributed by atoms with Crippen molar-refractivity contribution in [2.24, 2.45) is 34.5 Å². The number of carbonyl (C=O) groups is 1. The zero-order valence-corrected chi connectivity index (χ0v) is 15.1. The van der Waals surface area contributed by atoms with Gasteiger partial charge in [0.15, 0.2) is 0 Å². The topological polar surface area (TPSA) is 69.6 Å². The van der Waals surface area contributed by atoms with Gasteiger partial charge in [-0.3, -0.25) is 4.79 Å². The van der Waals surface area contributed by atoms with Gasteiger partial charge >= 0.3 is 0 Å². The predicted octanol–water partition coefficient (Wildman–Crippen LogP) is 2.60. The zero-order valence-electron chi connectivity index (χ0n) is 15.1. The summed E-state index contributed by atoms with van der Waals surface area (Å²) < 4.78 is 0. The number of aliphatic hydroxyl groups excluding tert-OH is 2. The molecule has 0 bridgehead atoms. The molecule has 0 aromatic rings. The van der Waals surface area contributed by atoms with Gasteiger partial charge in [-0.25, -0.2) is 0 Å². The van der Waals surface area contributed by atoms with E-state index in [9.17, 15) is 15.0 Å². The summed E-state index contributed by atoms with van der Waals surface area (Å²) in [5.41, 5.74) is 0.974. The van der Waals surface area contributed by atoms with Gasteiger partial charge < -0.3 is 15.5 Å². The Labute approximate surface area is 144 Å². The Morgan fingerprint density at radius 2 is 2.08 bits per heavy atom. The monoisotopic (exact) mass is 333 g/mol. The Bertz CT molecular complexity index is 585. The van der Waals surface area contributed by atoms with Gasteiger partial charge in [0.2, 0.25) is 5.91 Å². The van der Waals surface area contributed by atoms with Crippen molar-refractivity contribution in [1.82, 2.24) is 5.32 Å². The second-order valence-corrected chi connectivity index (χ2v) is 9.32. The summed E-state index contributed by atoms with van der Waals surface area (Å²) in [6.45, 7) is 6.45. The Kier molecular flexibility index (Phi) is 3.67. The number of amides is 1. The lowest BCUT2D eigenvalue weighted by Crippen LogP contribution is -2.58. The van der Waals surface area contributed by atoms with Crippen molar-refractivity contribution in [3.63, 3.8) is 0 Å². The van der Waals surface area contributed by atoms with Crippen LogP contribution in [0.5, 0.6) is 0 Å². The van der Waals surface area contributed by atoms with Gasteiger partial charge in [0.1, 0.15) is 0 Å². The molecule has 8 atom stereocenters. The average Bonchev–Trinajstić information content (AvgIpc) is 2.84. The van der Waals surface area contributed by atoms with Gasteiger partial charge in [0.25, 0.3) is 0 Å². The minimum atomic E-state index is -0.348. The Balaban J connectivity index is 1.71. The molecule has 3 aliphatic carbocycles. The van der Waals surface area contributed by atoms with Gasteiger partial charge in [-0.2, -0.15) is 0 Å². The SMILES string of the molecule is C[C@H](O)[C@H]1CCC2C3CC=C4NC(=O)CC[C@]4(C)C3[C@@H](O)C[C@@]21C. The summed E-state index contributed by atoms with van der Waals surface area (Å²) in [7, 11) is 0. The summed E-state index contributed by atoms with van der Waals surface area (Å²) >= 11 is 0. The van der Waals surface area contributed by atoms with E-state index in [1.807, 2.05) is 6.92 Å². The molecule has 1 amide bonds. The molecule has 4 aliphatic rings. The van der Waals surface area contributed by atoms with Crippen molar-refractivity contribution in [2.75, 3.05) is 0 Å². The van der Waals surface area contributed by atoms with Gasteiger partial charge in [0.05, 0.1) is 12.2 Å². The molecule has 0 aromatic carbocycles. The van der Waals surface area contributed by atoms with Crippen LogP contribution in [0.1, 0.15) is 59.3 Å². The highest BCUT2D eigenvalue weighted by Gasteiger charge is 2.62. The second kappa shape index (κ2) is 5.31. The van der Waals surface area contributed by atoms with E-state index in [1.165, 1.54) is 0 Å². The molecule has 3 N–H and O–H groups in total. The first-order chi connectivity index (χ1) is 11.3. The minimum absolute atomic E-state index is 0.0361. The molecule has 1 heterocycles. The van der Waals surface area contributed by atoms with Crippen LogP contribution < -0.4 is 5.32 Å². The normalized spacial score (nSPS) is 51.8. The van der Waals surface area contributed by atoms with Crippen LogP contribution in [0.15, 0.2) is 11.8 Å². The molecule has 4 nitrogen and oxygen atoms in total. The number of allylic oxidation sites excluding steroid dienone is 2. The quantitative estimate of drug-likeness (QED) is 0.691. The van der Waals surface area contributed by atoms with Crippen molar-refractivity contribution in [3.05, 3.63) is 11.8 Å². The number of piperidine rings is 1. The third-order valence-corrected chi connectivity index (χ3v) is 8.20. The largest absolute Gasteiger partial charge is 0.393 e. The van der Waals surface area contributed by atoms with E-state index >= 15 is 0 Å². The van der Waals surface area contributed by atoms with Gasteiger partial charge in [-0.15, -0.1) is 0 Å². The van der Waals surface area contributed by atoms with Crippen molar-refractivity contribution < 1.29 is 15.0 Å². The molecule has 0 aromatic heterocycles. The van der Waals surface area contributed by atoms with E-state index in [0.29, 0.717) is 24.2 Å². The maximum Gasteiger partial charge on any atom is 0.224 e. The summed E-state index contributed by atoms with van der Waals surface area (Å²) in [6.07, 6.45) is 6.93. The maximum absolute atomic E-state index is 11.8. The van der Waals surface area contributed by atoms with Crippen LogP contribution in [-0.2, 0) is 4.79 Å². The zero-order chi connectivity index (χ0) is 17.3. The van der Waals surface area contributed by atoms with E-state index in [1.54, 1.807) is 0 Å². The number of nitrogens with one attached hydrogen (secondary N) is 1. The third kappa shape index (κ3) is 2.08. The number of aliphatic hydroxyl groups is 2. The fourth-order valence-corrected chi connectivity index (χ4v) is 7.16. The molecule has 1 aliphatic heterocycles. The van der Waals surface area contributed by atoms with Crippen LogP contribution in [0.3, 0.4) is 0 Å². The first-order valence-corrected chi connectivity index (χ1v) is 9.64. The minimum Gasteiger partial charge on any atom is -0.393 e. The summed E-state index contributed by atoms with van der Waals surface area (Å²) in [4.78, 5) is 11.8. The fraction of sp³-hybridized carbons (Fsp3) is 0.850. The lowest BCUT2D eigenvalue weighted by Gasteiger charge is -2.59. The highest BCUT2D eigenvalue weighted by Crippen LogP contribution is 2.65. The van der Waals surface area contributed by atoms with Gasteiger partial charge in [-0.05, 0) is 68.1 Å².